The van der Waals surface area contributed by atoms with E-state index in [0.29, 0.717) is 6.10 Å². The molecule has 0 bridgehead atoms. The van der Waals surface area contributed by atoms with Crippen molar-refractivity contribution >= 4 is 11.8 Å². The number of hydrogen-bond acceptors (Lipinski definition) is 4. The molecule has 17 heavy (non-hydrogen) atoms. The van der Waals surface area contributed by atoms with Crippen LogP contribution in [0.15, 0.2) is 0 Å². The number of rotatable bonds is 5. The van der Waals surface area contributed by atoms with E-state index in [1.54, 1.807) is 0 Å². The molecular formula is C13H25NO2S. The third-order valence-electron chi connectivity index (χ3n) is 3.73. The first-order chi connectivity index (χ1) is 8.35. The van der Waals surface area contributed by atoms with Gasteiger partial charge in [-0.2, -0.15) is 11.8 Å². The van der Waals surface area contributed by atoms with Crippen molar-refractivity contribution in [2.75, 3.05) is 37.8 Å². The summed E-state index contributed by atoms with van der Waals surface area (Å²) in [6, 6.07) is 0. The molecule has 0 aromatic carbocycles. The lowest BCUT2D eigenvalue weighted by molar-refractivity contribution is -0.136. The van der Waals surface area contributed by atoms with E-state index in [1.807, 2.05) is 0 Å². The van der Waals surface area contributed by atoms with Gasteiger partial charge in [-0.25, -0.2) is 0 Å². The number of nitrogens with one attached hydrogen (secondary N) is 1. The van der Waals surface area contributed by atoms with Crippen LogP contribution >= 0.6 is 11.8 Å². The Hall–Kier alpha value is 0.230. The molecule has 100 valence electrons. The number of likely N-dealkylation sites (N-methyl/N-ethyl adjacent to an activating group) is 1. The first kappa shape index (κ1) is 13.7. The summed E-state index contributed by atoms with van der Waals surface area (Å²) in [5, 5.41) is 3.30. The molecule has 1 spiro atoms. The normalized spacial score (nSPS) is 28.4. The monoisotopic (exact) mass is 259 g/mol. The summed E-state index contributed by atoms with van der Waals surface area (Å²) in [5.41, 5.74) is 0.159. The largest absolute Gasteiger partial charge is 0.377 e. The van der Waals surface area contributed by atoms with Gasteiger partial charge < -0.3 is 14.8 Å². The van der Waals surface area contributed by atoms with Gasteiger partial charge >= 0.3 is 0 Å². The first-order valence-corrected chi connectivity index (χ1v) is 8.04. The summed E-state index contributed by atoms with van der Waals surface area (Å²) in [5.74, 6) is 2.51. The Balaban J connectivity index is 1.72. The lowest BCUT2D eigenvalue weighted by Gasteiger charge is -2.43. The van der Waals surface area contributed by atoms with Crippen molar-refractivity contribution in [1.82, 2.24) is 5.32 Å². The molecule has 0 aromatic heterocycles. The molecule has 0 amide bonds. The summed E-state index contributed by atoms with van der Waals surface area (Å²) in [4.78, 5) is 0. The van der Waals surface area contributed by atoms with Crippen molar-refractivity contribution in [2.24, 2.45) is 0 Å². The van der Waals surface area contributed by atoms with Gasteiger partial charge in [0, 0.05) is 19.6 Å². The van der Waals surface area contributed by atoms with Gasteiger partial charge in [-0.1, -0.05) is 6.92 Å². The summed E-state index contributed by atoms with van der Waals surface area (Å²) in [6.45, 7) is 5.85. The maximum absolute atomic E-state index is 6.06. The SMILES string of the molecule is CCNCCOC1CCOC2(CCSCC2)C1. The lowest BCUT2D eigenvalue weighted by Crippen LogP contribution is -2.45. The Labute approximate surface area is 109 Å². The minimum atomic E-state index is 0.159. The molecule has 1 atom stereocenters. The van der Waals surface area contributed by atoms with Gasteiger partial charge in [-0.05, 0) is 37.3 Å². The molecule has 2 saturated heterocycles. The summed E-state index contributed by atoms with van der Waals surface area (Å²) < 4.78 is 12.0. The first-order valence-electron chi connectivity index (χ1n) is 6.89. The topological polar surface area (TPSA) is 30.5 Å². The van der Waals surface area contributed by atoms with Crippen molar-refractivity contribution < 1.29 is 9.47 Å². The summed E-state index contributed by atoms with van der Waals surface area (Å²) >= 11 is 2.06. The predicted molar refractivity (Wildman–Crippen MR) is 72.8 cm³/mol. The fraction of sp³-hybridized carbons (Fsp3) is 1.00. The second kappa shape index (κ2) is 6.98. The van der Waals surface area contributed by atoms with Crippen LogP contribution in [-0.4, -0.2) is 49.5 Å². The van der Waals surface area contributed by atoms with E-state index >= 15 is 0 Å². The zero-order chi connectivity index (χ0) is 12.0. The second-order valence-electron chi connectivity index (χ2n) is 4.98. The maximum Gasteiger partial charge on any atom is 0.0723 e. The molecule has 1 unspecified atom stereocenters. The molecule has 0 aromatic rings. The van der Waals surface area contributed by atoms with Crippen molar-refractivity contribution in [3.63, 3.8) is 0 Å². The highest BCUT2D eigenvalue weighted by molar-refractivity contribution is 7.99. The van der Waals surface area contributed by atoms with Crippen LogP contribution in [0.3, 0.4) is 0 Å². The van der Waals surface area contributed by atoms with E-state index in [9.17, 15) is 0 Å². The van der Waals surface area contributed by atoms with Gasteiger partial charge in [0.1, 0.15) is 0 Å². The average molecular weight is 259 g/mol. The Kier molecular flexibility index (Phi) is 5.60. The van der Waals surface area contributed by atoms with Gasteiger partial charge in [-0.15, -0.1) is 0 Å². The average Bonchev–Trinajstić information content (AvgIpc) is 2.36. The van der Waals surface area contributed by atoms with Crippen LogP contribution in [0.2, 0.25) is 0 Å². The van der Waals surface area contributed by atoms with E-state index in [4.69, 9.17) is 9.47 Å². The summed E-state index contributed by atoms with van der Waals surface area (Å²) in [6.07, 6.45) is 5.03. The molecule has 0 aliphatic carbocycles. The predicted octanol–water partition coefficient (Wildman–Crippen LogP) is 2.06. The Morgan fingerprint density at radius 1 is 1.41 bits per heavy atom. The molecule has 0 radical (unpaired) electrons. The molecular weight excluding hydrogens is 234 g/mol. The molecule has 0 saturated carbocycles. The fourth-order valence-corrected chi connectivity index (χ4v) is 3.93. The minimum Gasteiger partial charge on any atom is -0.377 e. The highest BCUT2D eigenvalue weighted by Crippen LogP contribution is 2.38. The van der Waals surface area contributed by atoms with Crippen LogP contribution in [0, 0.1) is 0 Å². The van der Waals surface area contributed by atoms with Gasteiger partial charge in [-0.3, -0.25) is 0 Å². The number of ether oxygens (including phenoxy) is 2. The molecule has 4 heteroatoms. The van der Waals surface area contributed by atoms with Crippen LogP contribution in [0.5, 0.6) is 0 Å². The van der Waals surface area contributed by atoms with Crippen molar-refractivity contribution in [3.8, 4) is 0 Å². The third kappa shape index (κ3) is 4.12. The second-order valence-corrected chi connectivity index (χ2v) is 6.21. The van der Waals surface area contributed by atoms with Crippen molar-refractivity contribution in [1.29, 1.82) is 0 Å². The molecule has 3 nitrogen and oxygen atoms in total. The van der Waals surface area contributed by atoms with Crippen LogP contribution in [0.4, 0.5) is 0 Å². The molecule has 1 N–H and O–H groups in total. The Morgan fingerprint density at radius 3 is 3.00 bits per heavy atom. The van der Waals surface area contributed by atoms with Crippen LogP contribution in [-0.2, 0) is 9.47 Å². The zero-order valence-electron chi connectivity index (χ0n) is 10.9. The third-order valence-corrected chi connectivity index (χ3v) is 4.72. The van der Waals surface area contributed by atoms with Crippen molar-refractivity contribution in [3.05, 3.63) is 0 Å². The number of hydrogen-bond donors (Lipinski definition) is 1. The highest BCUT2D eigenvalue weighted by Gasteiger charge is 2.38. The van der Waals surface area contributed by atoms with E-state index in [1.165, 1.54) is 24.3 Å². The number of thioether (sulfide) groups is 1. The zero-order valence-corrected chi connectivity index (χ0v) is 11.7. The van der Waals surface area contributed by atoms with E-state index in [2.05, 4.69) is 24.0 Å². The van der Waals surface area contributed by atoms with E-state index in [0.717, 1.165) is 39.1 Å². The fourth-order valence-electron chi connectivity index (χ4n) is 2.69. The smallest absolute Gasteiger partial charge is 0.0723 e. The van der Waals surface area contributed by atoms with E-state index < -0.39 is 0 Å². The van der Waals surface area contributed by atoms with Gasteiger partial charge in [0.05, 0.1) is 18.3 Å². The quantitative estimate of drug-likeness (QED) is 0.766. The molecule has 2 aliphatic rings. The molecule has 2 rings (SSSR count). The lowest BCUT2D eigenvalue weighted by atomic mass is 9.86. The Morgan fingerprint density at radius 2 is 2.24 bits per heavy atom. The standard InChI is InChI=1S/C13H25NO2S/c1-2-14-6-8-15-12-3-7-16-13(11-12)4-9-17-10-5-13/h12,14H,2-11H2,1H3. The molecule has 2 heterocycles. The minimum absolute atomic E-state index is 0.159. The van der Waals surface area contributed by atoms with Gasteiger partial charge in [0.25, 0.3) is 0 Å². The summed E-state index contributed by atoms with van der Waals surface area (Å²) in [7, 11) is 0. The van der Waals surface area contributed by atoms with Crippen molar-refractivity contribution in [2.45, 2.75) is 44.3 Å². The maximum atomic E-state index is 6.06. The highest BCUT2D eigenvalue weighted by atomic mass is 32.2. The van der Waals surface area contributed by atoms with Crippen LogP contribution in [0.25, 0.3) is 0 Å². The molecule has 2 fully saturated rings. The molecule has 2 aliphatic heterocycles. The Bertz CT molecular complexity index is 214. The van der Waals surface area contributed by atoms with E-state index in [-0.39, 0.29) is 5.60 Å². The van der Waals surface area contributed by atoms with Crippen LogP contribution < -0.4 is 5.32 Å². The van der Waals surface area contributed by atoms with Gasteiger partial charge in [0.2, 0.25) is 0 Å². The van der Waals surface area contributed by atoms with Crippen LogP contribution in [0.1, 0.15) is 32.6 Å². The van der Waals surface area contributed by atoms with Gasteiger partial charge in [0.15, 0.2) is 0 Å².